The number of urea groups is 1. The van der Waals surface area contributed by atoms with Crippen LogP contribution in [-0.4, -0.2) is 36.4 Å². The summed E-state index contributed by atoms with van der Waals surface area (Å²) in [6.45, 7) is 1.17. The second-order valence-corrected chi connectivity index (χ2v) is 9.21. The lowest BCUT2D eigenvalue weighted by Gasteiger charge is -2.22. The van der Waals surface area contributed by atoms with Gasteiger partial charge in [0.1, 0.15) is 28.9 Å². The fourth-order valence-electron chi connectivity index (χ4n) is 4.23. The second kappa shape index (κ2) is 8.63. The van der Waals surface area contributed by atoms with Crippen molar-refractivity contribution in [2.45, 2.75) is 44.6 Å². The Morgan fingerprint density at radius 1 is 1.31 bits per heavy atom. The van der Waals surface area contributed by atoms with E-state index >= 15 is 0 Å². The van der Waals surface area contributed by atoms with E-state index < -0.39 is 29.9 Å². The Bertz CT molecular complexity index is 1140. The molecule has 0 unspecified atom stereocenters. The number of hydrogen-bond acceptors (Lipinski definition) is 6. The standard InChI is InChI=1S/C23H24N4O4S/c1-23(14-7-6-8-15(11-14)31-2)21(29)27(22(30)26-23)13-19(28)25-20-17(12-24)16-9-4-3-5-10-18(16)32-20/h6-8,11H,3-5,9-10,13H2,1-2H3,(H,25,28)(H,26,30)/t23-/m1/s1. The van der Waals surface area contributed by atoms with Crippen LogP contribution in [0.4, 0.5) is 9.80 Å². The predicted octanol–water partition coefficient (Wildman–Crippen LogP) is 3.30. The first-order chi connectivity index (χ1) is 15.4. The molecule has 2 aromatic rings. The Kier molecular flexibility index (Phi) is 5.89. The van der Waals surface area contributed by atoms with Crippen LogP contribution in [0.15, 0.2) is 24.3 Å². The number of benzene rings is 1. The summed E-state index contributed by atoms with van der Waals surface area (Å²) >= 11 is 1.42. The minimum atomic E-state index is -1.30. The van der Waals surface area contributed by atoms with Crippen molar-refractivity contribution in [3.05, 3.63) is 45.8 Å². The number of carbonyl (C=O) groups is 3. The quantitative estimate of drug-likeness (QED) is 0.534. The van der Waals surface area contributed by atoms with Gasteiger partial charge < -0.3 is 15.4 Å². The van der Waals surface area contributed by atoms with Gasteiger partial charge >= 0.3 is 6.03 Å². The van der Waals surface area contributed by atoms with Crippen LogP contribution in [0.3, 0.4) is 0 Å². The van der Waals surface area contributed by atoms with Crippen molar-refractivity contribution < 1.29 is 19.1 Å². The Balaban J connectivity index is 1.51. The molecule has 1 aliphatic carbocycles. The number of nitrogens with one attached hydrogen (secondary N) is 2. The Hall–Kier alpha value is -3.38. The number of thiophene rings is 1. The summed E-state index contributed by atoms with van der Waals surface area (Å²) in [4.78, 5) is 40.5. The predicted molar refractivity (Wildman–Crippen MR) is 120 cm³/mol. The minimum Gasteiger partial charge on any atom is -0.497 e. The summed E-state index contributed by atoms with van der Waals surface area (Å²) in [5, 5.41) is 15.6. The molecule has 2 heterocycles. The normalized spacial score (nSPS) is 20.2. The average Bonchev–Trinajstić information content (AvgIpc) is 3.09. The number of nitriles is 1. The summed E-state index contributed by atoms with van der Waals surface area (Å²) < 4.78 is 5.22. The van der Waals surface area contributed by atoms with Crippen molar-refractivity contribution in [2.75, 3.05) is 19.0 Å². The molecule has 1 aliphatic heterocycles. The highest BCUT2D eigenvalue weighted by Crippen LogP contribution is 2.37. The van der Waals surface area contributed by atoms with Gasteiger partial charge in [0.25, 0.3) is 5.91 Å². The Morgan fingerprint density at radius 3 is 2.84 bits per heavy atom. The number of nitrogens with zero attached hydrogens (tertiary/aromatic N) is 2. The molecule has 4 rings (SSSR count). The zero-order valence-electron chi connectivity index (χ0n) is 18.0. The number of rotatable bonds is 5. The van der Waals surface area contributed by atoms with Gasteiger partial charge in [-0.2, -0.15) is 5.26 Å². The smallest absolute Gasteiger partial charge is 0.325 e. The highest BCUT2D eigenvalue weighted by Gasteiger charge is 2.49. The third-order valence-electron chi connectivity index (χ3n) is 6.01. The molecular formula is C23H24N4O4S. The van der Waals surface area contributed by atoms with E-state index in [4.69, 9.17) is 4.74 Å². The van der Waals surface area contributed by atoms with Gasteiger partial charge in [-0.25, -0.2) is 4.79 Å². The molecule has 0 spiro atoms. The molecule has 1 aromatic carbocycles. The SMILES string of the molecule is COc1cccc([C@@]2(C)NC(=O)N(CC(=O)Nc3sc4c(c3C#N)CCCCC4)C2=O)c1. The number of fused-ring (bicyclic) bond motifs is 1. The fraction of sp³-hybridized carbons (Fsp3) is 0.391. The zero-order chi connectivity index (χ0) is 22.9. The maximum atomic E-state index is 13.1. The number of carbonyl (C=O) groups excluding carboxylic acids is 3. The molecule has 2 aliphatic rings. The second-order valence-electron chi connectivity index (χ2n) is 8.11. The number of amides is 4. The number of anilines is 1. The van der Waals surface area contributed by atoms with Crippen LogP contribution in [0, 0.1) is 11.3 Å². The van der Waals surface area contributed by atoms with Gasteiger partial charge in [-0.15, -0.1) is 11.3 Å². The van der Waals surface area contributed by atoms with Crippen LogP contribution in [-0.2, 0) is 28.0 Å². The first-order valence-corrected chi connectivity index (χ1v) is 11.3. The van der Waals surface area contributed by atoms with Gasteiger partial charge in [-0.05, 0) is 55.9 Å². The lowest BCUT2D eigenvalue weighted by atomic mass is 9.92. The molecule has 1 aromatic heterocycles. The Labute approximate surface area is 190 Å². The van der Waals surface area contributed by atoms with Crippen molar-refractivity contribution in [3.63, 3.8) is 0 Å². The van der Waals surface area contributed by atoms with E-state index in [2.05, 4.69) is 16.7 Å². The maximum absolute atomic E-state index is 13.1. The van der Waals surface area contributed by atoms with E-state index in [1.807, 2.05) is 0 Å². The molecular weight excluding hydrogens is 428 g/mol. The lowest BCUT2D eigenvalue weighted by Crippen LogP contribution is -2.42. The third-order valence-corrected chi connectivity index (χ3v) is 7.22. The third kappa shape index (κ3) is 3.82. The highest BCUT2D eigenvalue weighted by molar-refractivity contribution is 7.16. The van der Waals surface area contributed by atoms with Gasteiger partial charge in [-0.1, -0.05) is 18.6 Å². The monoisotopic (exact) mass is 452 g/mol. The van der Waals surface area contributed by atoms with Crippen LogP contribution >= 0.6 is 11.3 Å². The van der Waals surface area contributed by atoms with Gasteiger partial charge in [-0.3, -0.25) is 14.5 Å². The topological polar surface area (TPSA) is 112 Å². The molecule has 166 valence electrons. The van der Waals surface area contributed by atoms with Crippen LogP contribution in [0.2, 0.25) is 0 Å². The zero-order valence-corrected chi connectivity index (χ0v) is 18.8. The van der Waals surface area contributed by atoms with E-state index in [1.54, 1.807) is 31.2 Å². The van der Waals surface area contributed by atoms with Gasteiger partial charge in [0, 0.05) is 4.88 Å². The van der Waals surface area contributed by atoms with Gasteiger partial charge in [0.15, 0.2) is 0 Å². The largest absolute Gasteiger partial charge is 0.497 e. The summed E-state index contributed by atoms with van der Waals surface area (Å²) in [5.41, 5.74) is 0.778. The van der Waals surface area contributed by atoms with E-state index in [0.29, 0.717) is 21.9 Å². The molecule has 4 amide bonds. The highest BCUT2D eigenvalue weighted by atomic mass is 32.1. The fourth-order valence-corrected chi connectivity index (χ4v) is 5.48. The average molecular weight is 453 g/mol. The van der Waals surface area contributed by atoms with Crippen molar-refractivity contribution in [3.8, 4) is 11.8 Å². The number of methoxy groups -OCH3 is 1. The van der Waals surface area contributed by atoms with Crippen LogP contribution in [0.5, 0.6) is 5.75 Å². The van der Waals surface area contributed by atoms with E-state index in [-0.39, 0.29) is 0 Å². The molecule has 1 saturated heterocycles. The molecule has 32 heavy (non-hydrogen) atoms. The van der Waals surface area contributed by atoms with Crippen molar-refractivity contribution in [2.24, 2.45) is 0 Å². The molecule has 8 nitrogen and oxygen atoms in total. The van der Waals surface area contributed by atoms with E-state index in [1.165, 1.54) is 18.4 Å². The number of hydrogen-bond donors (Lipinski definition) is 2. The first-order valence-electron chi connectivity index (χ1n) is 10.5. The molecule has 1 atom stereocenters. The Morgan fingerprint density at radius 2 is 2.09 bits per heavy atom. The lowest BCUT2D eigenvalue weighted by molar-refractivity contribution is -0.133. The molecule has 1 fully saturated rings. The van der Waals surface area contributed by atoms with E-state index in [9.17, 15) is 19.6 Å². The molecule has 9 heteroatoms. The molecule has 2 N–H and O–H groups in total. The summed E-state index contributed by atoms with van der Waals surface area (Å²) in [5.74, 6) is -0.479. The summed E-state index contributed by atoms with van der Waals surface area (Å²) in [7, 11) is 1.52. The minimum absolute atomic E-state index is 0.433. The van der Waals surface area contributed by atoms with Gasteiger partial charge in [0.2, 0.25) is 5.91 Å². The first kappa shape index (κ1) is 21.8. The molecule has 0 bridgehead atoms. The van der Waals surface area contributed by atoms with Crippen molar-refractivity contribution in [1.29, 1.82) is 5.26 Å². The number of aryl methyl sites for hydroxylation is 1. The molecule has 0 saturated carbocycles. The van der Waals surface area contributed by atoms with Crippen LogP contribution in [0.25, 0.3) is 0 Å². The van der Waals surface area contributed by atoms with Crippen LogP contribution in [0.1, 0.15) is 47.8 Å². The summed E-state index contributed by atoms with van der Waals surface area (Å²) in [6, 6.07) is 8.46. The summed E-state index contributed by atoms with van der Waals surface area (Å²) in [6.07, 6.45) is 4.95. The van der Waals surface area contributed by atoms with Crippen molar-refractivity contribution >= 4 is 34.2 Å². The maximum Gasteiger partial charge on any atom is 0.325 e. The van der Waals surface area contributed by atoms with E-state index in [0.717, 1.165) is 47.4 Å². The van der Waals surface area contributed by atoms with Crippen molar-refractivity contribution in [1.82, 2.24) is 10.2 Å². The number of ether oxygens (including phenoxy) is 1. The number of imide groups is 1. The van der Waals surface area contributed by atoms with Crippen LogP contribution < -0.4 is 15.4 Å². The van der Waals surface area contributed by atoms with Gasteiger partial charge in [0.05, 0.1) is 12.7 Å². The molecule has 0 radical (unpaired) electrons.